The smallest absolute Gasteiger partial charge is 0.323 e. The van der Waals surface area contributed by atoms with Crippen LogP contribution in [0.2, 0.25) is 0 Å². The summed E-state index contributed by atoms with van der Waals surface area (Å²) in [7, 11) is 0. The van der Waals surface area contributed by atoms with Gasteiger partial charge in [-0.25, -0.2) is 0 Å². The molecule has 56 heavy (non-hydrogen) atoms. The maximum atomic E-state index is 12.4. The zero-order chi connectivity index (χ0) is 41.5. The van der Waals surface area contributed by atoms with Crippen molar-refractivity contribution in [3.63, 3.8) is 0 Å². The summed E-state index contributed by atoms with van der Waals surface area (Å²) in [6.07, 6.45) is -10.8. The van der Waals surface area contributed by atoms with E-state index < -0.39 is 94.0 Å². The number of aliphatic hydroxyl groups is 4. The van der Waals surface area contributed by atoms with E-state index in [0.29, 0.717) is 22.7 Å². The van der Waals surface area contributed by atoms with E-state index in [0.717, 1.165) is 9.13 Å². The van der Waals surface area contributed by atoms with Crippen molar-refractivity contribution < 1.29 is 49.0 Å². The average Bonchev–Trinajstić information content (AvgIpc) is 3.81. The summed E-state index contributed by atoms with van der Waals surface area (Å²) in [5, 5.41) is 41.2. The van der Waals surface area contributed by atoms with Crippen LogP contribution in [-0.4, -0.2) is 123 Å². The van der Waals surface area contributed by atoms with Crippen molar-refractivity contribution in [1.82, 2.24) is 29.1 Å². The number of nitrogens with one attached hydrogen (secondary N) is 2. The Morgan fingerprint density at radius 1 is 0.696 bits per heavy atom. The molecule has 0 bridgehead atoms. The lowest BCUT2D eigenvalue weighted by molar-refractivity contribution is -0.153. The number of carbonyl (C=O) groups excluding carboxylic acids is 2. The zero-order valence-corrected chi connectivity index (χ0v) is 31.8. The van der Waals surface area contributed by atoms with E-state index in [1.165, 1.54) is 0 Å². The lowest BCUT2D eigenvalue weighted by Crippen LogP contribution is -2.40. The number of nitrogen functional groups attached to an aromatic ring is 2. The van der Waals surface area contributed by atoms with Crippen molar-refractivity contribution in [2.45, 2.75) is 88.9 Å². The van der Waals surface area contributed by atoms with Crippen LogP contribution in [0, 0.1) is 11.8 Å². The number of nitrogens with zero attached hydrogens (tertiary/aromatic N) is 4. The fraction of sp³-hybridized carbons (Fsp3) is 0.600. The molecule has 6 heterocycles. The molecule has 0 saturated carbocycles. The molecule has 24 nitrogen and oxygen atoms in total. The lowest BCUT2D eigenvalue weighted by Gasteiger charge is -2.18. The molecule has 0 aromatic carbocycles. The summed E-state index contributed by atoms with van der Waals surface area (Å²) in [5.41, 5.74) is 21.1. The second-order valence-corrected chi connectivity index (χ2v) is 15.5. The highest BCUT2D eigenvalue weighted by Crippen LogP contribution is 2.33. The number of hydrogen-bond donors (Lipinski definition) is 10. The van der Waals surface area contributed by atoms with Gasteiger partial charge in [0, 0.05) is 0 Å². The number of hydrogen-bond acceptors (Lipinski definition) is 22. The predicted molar refractivity (Wildman–Crippen MR) is 197 cm³/mol. The Morgan fingerprint density at radius 3 is 1.36 bits per heavy atom. The predicted octanol–water partition coefficient (Wildman–Crippen LogP) is -4.25. The van der Waals surface area contributed by atoms with Crippen LogP contribution in [0.5, 0.6) is 0 Å². The minimum atomic E-state index is -1.53. The third-order valence-electron chi connectivity index (χ3n) is 8.93. The van der Waals surface area contributed by atoms with Gasteiger partial charge in [-0.1, -0.05) is 50.4 Å². The number of carbonyl (C=O) groups is 2. The van der Waals surface area contributed by atoms with E-state index in [-0.39, 0.29) is 57.6 Å². The molecule has 26 heteroatoms. The van der Waals surface area contributed by atoms with E-state index in [2.05, 4.69) is 19.9 Å². The van der Waals surface area contributed by atoms with Gasteiger partial charge in [-0.05, 0) is 11.8 Å². The average molecular weight is 831 g/mol. The number of rotatable bonds is 10. The van der Waals surface area contributed by atoms with Gasteiger partial charge in [-0.15, -0.1) is 0 Å². The van der Waals surface area contributed by atoms with Crippen LogP contribution in [-0.2, 0) is 28.5 Å². The van der Waals surface area contributed by atoms with E-state index in [1.54, 1.807) is 27.7 Å². The molecule has 2 fully saturated rings. The first-order valence-electron chi connectivity index (χ1n) is 16.9. The molecule has 308 valence electrons. The first-order chi connectivity index (χ1) is 26.2. The van der Waals surface area contributed by atoms with E-state index in [9.17, 15) is 49.2 Å². The summed E-state index contributed by atoms with van der Waals surface area (Å²) in [4.78, 5) is 83.5. The number of ether oxygens (including phenoxy) is 4. The number of esters is 2. The lowest BCUT2D eigenvalue weighted by atomic mass is 10.1. The first-order valence-corrected chi connectivity index (χ1v) is 18.6. The van der Waals surface area contributed by atoms with Gasteiger partial charge in [0.2, 0.25) is 11.9 Å². The molecular formula is C30H42N10O14S2. The molecule has 2 saturated heterocycles. The Balaban J connectivity index is 0.000000214. The second kappa shape index (κ2) is 16.8. The number of anilines is 2. The number of aliphatic hydroxyl groups excluding tert-OH is 4. The van der Waals surface area contributed by atoms with Crippen molar-refractivity contribution in [1.29, 1.82) is 0 Å². The first kappa shape index (κ1) is 42.5. The van der Waals surface area contributed by atoms with Gasteiger partial charge in [0.1, 0.15) is 71.3 Å². The van der Waals surface area contributed by atoms with Crippen molar-refractivity contribution in [2.24, 2.45) is 23.3 Å². The Hall–Kier alpha value is -4.64. The van der Waals surface area contributed by atoms with Gasteiger partial charge >= 0.3 is 21.7 Å². The van der Waals surface area contributed by atoms with E-state index in [1.807, 2.05) is 0 Å². The van der Waals surface area contributed by atoms with Crippen molar-refractivity contribution in [3.8, 4) is 0 Å². The highest BCUT2D eigenvalue weighted by Gasteiger charge is 2.47. The molecule has 4 aromatic heterocycles. The topological polar surface area (TPSA) is 392 Å². The molecule has 0 aliphatic carbocycles. The normalized spacial score (nSPS) is 26.1. The summed E-state index contributed by atoms with van der Waals surface area (Å²) < 4.78 is 23.1. The van der Waals surface area contributed by atoms with Gasteiger partial charge in [0.05, 0.1) is 0 Å². The Kier molecular flexibility index (Phi) is 12.8. The molecular weight excluding hydrogens is 789 g/mol. The van der Waals surface area contributed by atoms with Gasteiger partial charge < -0.3 is 62.3 Å². The fourth-order valence-electron chi connectivity index (χ4n) is 5.57. The second-order valence-electron chi connectivity index (χ2n) is 13.6. The molecule has 0 amide bonds. The van der Waals surface area contributed by atoms with Crippen LogP contribution >= 0.6 is 22.7 Å². The number of aromatic nitrogens is 6. The molecule has 4 aromatic rings. The minimum absolute atomic E-state index is 0.00211. The molecule has 2 aliphatic rings. The standard InChI is InChI=1S/2C15H21N5O7S/c2*1-4(2)6(16)13(24)26-3-5-7(21)8(22)12(27-5)20-10-9(28-15(20)25)11(23)19-14(17)18-10/h2*4-8,12,21-22H,3,16H2,1-2H3,(H3,17,18,19,23)/t2*5-,6+,7-,8-,12-/m11/s1. The summed E-state index contributed by atoms with van der Waals surface area (Å²) in [5.74, 6) is -2.09. The van der Waals surface area contributed by atoms with Gasteiger partial charge in [-0.3, -0.25) is 47.9 Å². The number of H-pyrrole nitrogens is 2. The highest BCUT2D eigenvalue weighted by atomic mass is 32.1. The number of nitrogens with two attached hydrogens (primary N) is 4. The fourth-order valence-corrected chi connectivity index (χ4v) is 7.25. The zero-order valence-electron chi connectivity index (χ0n) is 30.1. The van der Waals surface area contributed by atoms with Crippen LogP contribution < -0.4 is 43.8 Å². The summed E-state index contributed by atoms with van der Waals surface area (Å²) in [6, 6.07) is -1.69. The van der Waals surface area contributed by atoms with Crippen LogP contribution in [0.1, 0.15) is 40.2 Å². The number of aromatic amines is 2. The molecule has 14 N–H and O–H groups in total. The largest absolute Gasteiger partial charge is 0.462 e. The molecule has 0 radical (unpaired) electrons. The third kappa shape index (κ3) is 8.38. The van der Waals surface area contributed by atoms with Gasteiger partial charge in [-0.2, -0.15) is 9.97 Å². The number of fused-ring (bicyclic) bond motifs is 2. The molecule has 0 spiro atoms. The van der Waals surface area contributed by atoms with E-state index >= 15 is 0 Å². The third-order valence-corrected chi connectivity index (χ3v) is 10.8. The summed E-state index contributed by atoms with van der Waals surface area (Å²) >= 11 is 1.20. The van der Waals surface area contributed by atoms with Crippen LogP contribution in [0.25, 0.3) is 20.7 Å². The molecule has 6 rings (SSSR count). The SMILES string of the molecule is CC(C)[C@H](N)C(=O)OC[C@H]1O[C@@H](n2c(=O)sc3c(=O)[nH]c(N)nc32)[C@H](O)[C@@H]1O.CC(C)[C@H](N)C(=O)OC[C@H]1O[C@@H](n2c(=O)sc3c(=O)[nH]c(N)nc32)[C@H](O)[C@@H]1O. The van der Waals surface area contributed by atoms with Crippen LogP contribution in [0.3, 0.4) is 0 Å². The van der Waals surface area contributed by atoms with Crippen LogP contribution in [0.15, 0.2) is 19.2 Å². The monoisotopic (exact) mass is 830 g/mol. The van der Waals surface area contributed by atoms with Gasteiger partial charge in [0.15, 0.2) is 23.8 Å². The Bertz CT molecular complexity index is 2160. The van der Waals surface area contributed by atoms with Gasteiger partial charge in [0.25, 0.3) is 11.1 Å². The van der Waals surface area contributed by atoms with Crippen LogP contribution in [0.4, 0.5) is 11.9 Å². The molecule has 10 atom stereocenters. The highest BCUT2D eigenvalue weighted by molar-refractivity contribution is 7.16. The van der Waals surface area contributed by atoms with Crippen molar-refractivity contribution in [2.75, 3.05) is 24.7 Å². The Labute approximate surface area is 321 Å². The van der Waals surface area contributed by atoms with Crippen molar-refractivity contribution in [3.05, 3.63) is 40.0 Å². The quantitative estimate of drug-likeness (QED) is 0.0677. The van der Waals surface area contributed by atoms with Crippen molar-refractivity contribution >= 4 is 67.2 Å². The molecule has 0 unspecified atom stereocenters. The maximum Gasteiger partial charge on any atom is 0.323 e. The van der Waals surface area contributed by atoms with E-state index in [4.69, 9.17) is 41.9 Å². The maximum absolute atomic E-state index is 12.4. The number of thiazole rings is 2. The molecule has 2 aliphatic heterocycles. The minimum Gasteiger partial charge on any atom is -0.462 e. The Morgan fingerprint density at radius 2 is 1.04 bits per heavy atom. The summed E-state index contributed by atoms with van der Waals surface area (Å²) in [6.45, 7) is 6.26.